The smallest absolute Gasteiger partial charge is 0.337 e. The molecule has 4 N–H and O–H groups in total. The molecule has 2 atom stereocenters. The van der Waals surface area contributed by atoms with Crippen molar-refractivity contribution < 1.29 is 33.6 Å². The van der Waals surface area contributed by atoms with Crippen LogP contribution in [0, 0.1) is 6.92 Å². The van der Waals surface area contributed by atoms with E-state index in [4.69, 9.17) is 18.9 Å². The zero-order valence-electron chi connectivity index (χ0n) is 24.8. The number of benzene rings is 3. The Balaban J connectivity index is 1.34. The summed E-state index contributed by atoms with van der Waals surface area (Å²) >= 11 is 3.54. The van der Waals surface area contributed by atoms with Crippen molar-refractivity contribution in [3.8, 4) is 17.2 Å². The first-order chi connectivity index (χ1) is 21.2. The summed E-state index contributed by atoms with van der Waals surface area (Å²) in [6.07, 6.45) is 0.446. The second-order valence-electron chi connectivity index (χ2n) is 9.88. The van der Waals surface area contributed by atoms with E-state index in [1.807, 2.05) is 50.2 Å². The van der Waals surface area contributed by atoms with Gasteiger partial charge in [-0.1, -0.05) is 35.9 Å². The Kier molecular flexibility index (Phi) is 11.2. The first-order valence-corrected chi connectivity index (χ1v) is 14.7. The third-order valence-corrected chi connectivity index (χ3v) is 7.16. The van der Waals surface area contributed by atoms with Gasteiger partial charge in [-0.3, -0.25) is 5.43 Å². The van der Waals surface area contributed by atoms with Gasteiger partial charge in [0.25, 0.3) is 0 Å². The van der Waals surface area contributed by atoms with E-state index in [0.717, 1.165) is 15.6 Å². The third-order valence-electron chi connectivity index (χ3n) is 6.54. The Bertz CT molecular complexity index is 1560. The molecule has 2 amide bonds. The van der Waals surface area contributed by atoms with Gasteiger partial charge in [-0.05, 0) is 83.7 Å². The fourth-order valence-corrected chi connectivity index (χ4v) is 5.01. The van der Waals surface area contributed by atoms with E-state index in [1.54, 1.807) is 31.3 Å². The monoisotopic (exact) mass is 666 g/mol. The quantitative estimate of drug-likeness (QED) is 0.0878. The molecule has 11 nitrogen and oxygen atoms in total. The molecule has 0 aliphatic carbocycles. The van der Waals surface area contributed by atoms with E-state index < -0.39 is 24.3 Å². The number of aliphatic hydroxyl groups is 1. The zero-order chi connectivity index (χ0) is 31.6. The molecule has 44 heavy (non-hydrogen) atoms. The van der Waals surface area contributed by atoms with Crippen molar-refractivity contribution >= 4 is 34.1 Å². The highest BCUT2D eigenvalue weighted by Gasteiger charge is 2.32. The summed E-state index contributed by atoms with van der Waals surface area (Å²) in [5.74, 6) is 0.885. The van der Waals surface area contributed by atoms with Gasteiger partial charge in [0.05, 0.1) is 36.0 Å². The highest BCUT2D eigenvalue weighted by molar-refractivity contribution is 9.10. The third kappa shape index (κ3) is 8.51. The number of methoxy groups -OCH3 is 1. The predicted molar refractivity (Wildman–Crippen MR) is 169 cm³/mol. The second kappa shape index (κ2) is 15.3. The molecule has 0 bridgehead atoms. The van der Waals surface area contributed by atoms with Crippen molar-refractivity contribution in [2.45, 2.75) is 39.6 Å². The normalized spacial score (nSPS) is 15.3. The van der Waals surface area contributed by atoms with E-state index in [2.05, 4.69) is 43.2 Å². The van der Waals surface area contributed by atoms with Gasteiger partial charge >= 0.3 is 12.0 Å². The molecule has 232 valence electrons. The van der Waals surface area contributed by atoms with Crippen LogP contribution in [0.3, 0.4) is 0 Å². The maximum atomic E-state index is 12.4. The Hall–Kier alpha value is -4.55. The number of aryl methyl sites for hydroxylation is 1. The first kappa shape index (κ1) is 32.4. The molecule has 1 aliphatic rings. The number of aliphatic hydroxyl groups excluding tert-OH is 1. The number of esters is 1. The summed E-state index contributed by atoms with van der Waals surface area (Å²) in [6.45, 7) is 6.15. The van der Waals surface area contributed by atoms with Gasteiger partial charge in [0.15, 0.2) is 17.7 Å². The first-order valence-electron chi connectivity index (χ1n) is 13.9. The lowest BCUT2D eigenvalue weighted by atomic mass is 9.95. The number of urea groups is 1. The summed E-state index contributed by atoms with van der Waals surface area (Å²) < 4.78 is 23.2. The van der Waals surface area contributed by atoms with Crippen molar-refractivity contribution in [2.24, 2.45) is 5.10 Å². The van der Waals surface area contributed by atoms with Crippen LogP contribution >= 0.6 is 15.9 Å². The minimum absolute atomic E-state index is 0.136. The fraction of sp³-hybridized carbons (Fsp3) is 0.281. The second-order valence-corrected chi connectivity index (χ2v) is 10.7. The van der Waals surface area contributed by atoms with Gasteiger partial charge < -0.3 is 34.7 Å². The number of allylic oxidation sites excluding steroid dienone is 1. The van der Waals surface area contributed by atoms with Crippen molar-refractivity contribution in [2.75, 3.05) is 20.3 Å². The van der Waals surface area contributed by atoms with Crippen LogP contribution in [0.2, 0.25) is 0 Å². The van der Waals surface area contributed by atoms with Crippen LogP contribution in [0.1, 0.15) is 42.1 Å². The van der Waals surface area contributed by atoms with E-state index in [1.165, 1.54) is 12.7 Å². The number of carbonyl (C=O) groups is 2. The molecule has 0 aromatic heterocycles. The van der Waals surface area contributed by atoms with E-state index in [9.17, 15) is 14.7 Å². The lowest BCUT2D eigenvalue weighted by molar-refractivity contribution is -0.136. The number of ether oxygens (including phenoxy) is 4. The molecule has 1 aliphatic heterocycles. The topological polar surface area (TPSA) is 140 Å². The average molecular weight is 668 g/mol. The summed E-state index contributed by atoms with van der Waals surface area (Å²) in [6, 6.07) is 17.5. The number of hydrogen-bond acceptors (Lipinski definition) is 9. The lowest BCUT2D eigenvalue weighted by Gasteiger charge is -2.28. The molecule has 4 rings (SSSR count). The summed E-state index contributed by atoms with van der Waals surface area (Å²) in [5.41, 5.74) is 6.95. The average Bonchev–Trinajstić information content (AvgIpc) is 2.99. The Morgan fingerprint density at radius 3 is 2.59 bits per heavy atom. The molecule has 0 unspecified atom stereocenters. The Morgan fingerprint density at radius 1 is 1.07 bits per heavy atom. The molecular weight excluding hydrogens is 632 g/mol. The number of hydrogen-bond donors (Lipinski definition) is 4. The molecule has 0 spiro atoms. The fourth-order valence-electron chi connectivity index (χ4n) is 4.50. The van der Waals surface area contributed by atoms with Gasteiger partial charge in [0.1, 0.15) is 19.0 Å². The van der Waals surface area contributed by atoms with Crippen LogP contribution in [-0.2, 0) is 16.1 Å². The molecule has 0 fully saturated rings. The maximum absolute atomic E-state index is 12.4. The van der Waals surface area contributed by atoms with Crippen molar-refractivity contribution in [3.63, 3.8) is 0 Å². The number of nitrogens with zero attached hydrogens (tertiary/aromatic N) is 1. The van der Waals surface area contributed by atoms with Crippen LogP contribution < -0.4 is 30.3 Å². The lowest BCUT2D eigenvalue weighted by Crippen LogP contribution is -2.45. The number of halogens is 1. The van der Waals surface area contributed by atoms with Crippen molar-refractivity contribution in [1.29, 1.82) is 0 Å². The number of carbonyl (C=O) groups excluding carboxylic acids is 2. The van der Waals surface area contributed by atoms with Gasteiger partial charge in [-0.15, -0.1) is 0 Å². The molecule has 1 heterocycles. The highest BCUT2D eigenvalue weighted by Crippen LogP contribution is 2.35. The Morgan fingerprint density at radius 2 is 1.86 bits per heavy atom. The minimum atomic E-state index is -1.12. The van der Waals surface area contributed by atoms with E-state index >= 15 is 0 Å². The number of rotatable bonds is 13. The number of nitrogens with one attached hydrogen (secondary N) is 3. The van der Waals surface area contributed by atoms with E-state index in [-0.39, 0.29) is 12.2 Å². The summed E-state index contributed by atoms with van der Waals surface area (Å²) in [7, 11) is 1.28. The van der Waals surface area contributed by atoms with Crippen LogP contribution in [0.25, 0.3) is 0 Å². The van der Waals surface area contributed by atoms with Gasteiger partial charge in [-0.25, -0.2) is 9.59 Å². The van der Waals surface area contributed by atoms with Gasteiger partial charge in [0, 0.05) is 5.70 Å². The number of hydrazone groups is 1. The van der Waals surface area contributed by atoms with Gasteiger partial charge in [0.2, 0.25) is 0 Å². The molecule has 0 radical (unpaired) electrons. The molecule has 0 saturated heterocycles. The predicted octanol–water partition coefficient (Wildman–Crippen LogP) is 4.86. The molecular formula is C32H35BrN4O7. The largest absolute Gasteiger partial charge is 0.490 e. The minimum Gasteiger partial charge on any atom is -0.490 e. The van der Waals surface area contributed by atoms with Gasteiger partial charge in [-0.2, -0.15) is 5.10 Å². The Labute approximate surface area is 264 Å². The van der Waals surface area contributed by atoms with E-state index in [0.29, 0.717) is 41.7 Å². The number of amides is 2. The SMILES string of the molecule is CCOc1cc([C@@H]2NC(=O)NC(C)=C2C(=O)OC)ccc1OC[C@H](O)N/N=C\c1ccc(OCc2cccc(C)c2)c(Br)c1. The standard InChI is InChI=1S/C32H35BrN4O7/c1-5-42-27-15-23(30-29(31(39)41-4)20(3)35-32(40)36-30)10-12-26(27)44-18-28(38)37-34-16-21-9-11-25(24(33)14-21)43-17-22-8-6-7-19(2)13-22/h6-16,28,30,37-38H,5,17-18H2,1-4H3,(H2,35,36,40)/b34-16-/t28-,30-/m0/s1. The molecule has 0 saturated carbocycles. The molecule has 12 heteroatoms. The van der Waals surface area contributed by atoms with Crippen molar-refractivity contribution in [1.82, 2.24) is 16.1 Å². The maximum Gasteiger partial charge on any atom is 0.337 e. The molecule has 3 aromatic rings. The summed E-state index contributed by atoms with van der Waals surface area (Å²) in [5, 5.41) is 19.9. The molecule has 3 aromatic carbocycles. The van der Waals surface area contributed by atoms with Crippen molar-refractivity contribution in [3.05, 3.63) is 98.7 Å². The van der Waals surface area contributed by atoms with Crippen LogP contribution in [0.5, 0.6) is 17.2 Å². The summed E-state index contributed by atoms with van der Waals surface area (Å²) in [4.78, 5) is 24.6. The van der Waals surface area contributed by atoms with Crippen LogP contribution in [0.15, 0.2) is 81.5 Å². The van der Waals surface area contributed by atoms with Crippen LogP contribution in [-0.4, -0.2) is 49.9 Å². The zero-order valence-corrected chi connectivity index (χ0v) is 26.4. The van der Waals surface area contributed by atoms with Crippen LogP contribution in [0.4, 0.5) is 4.79 Å². The highest BCUT2D eigenvalue weighted by atomic mass is 79.9.